The van der Waals surface area contributed by atoms with E-state index in [1.165, 1.54) is 12.1 Å². The quantitative estimate of drug-likeness (QED) is 0.719. The van der Waals surface area contributed by atoms with Crippen molar-refractivity contribution in [2.75, 3.05) is 41.3 Å². The van der Waals surface area contributed by atoms with Gasteiger partial charge in [-0.25, -0.2) is 9.37 Å². The van der Waals surface area contributed by atoms with Crippen LogP contribution in [0.2, 0.25) is 0 Å². The van der Waals surface area contributed by atoms with Gasteiger partial charge in [0.1, 0.15) is 11.6 Å². The third-order valence-corrected chi connectivity index (χ3v) is 4.75. The Morgan fingerprint density at radius 2 is 1.72 bits per heavy atom. The molecule has 1 saturated heterocycles. The van der Waals surface area contributed by atoms with Gasteiger partial charge in [0, 0.05) is 32.4 Å². The molecule has 4 rings (SSSR count). The van der Waals surface area contributed by atoms with Crippen molar-refractivity contribution < 1.29 is 9.18 Å². The Morgan fingerprint density at radius 3 is 2.38 bits per heavy atom. The Labute approximate surface area is 168 Å². The van der Waals surface area contributed by atoms with Gasteiger partial charge in [-0.3, -0.25) is 4.79 Å². The van der Waals surface area contributed by atoms with Gasteiger partial charge in [-0.1, -0.05) is 18.2 Å². The Kier molecular flexibility index (Phi) is 5.60. The molecule has 7 nitrogen and oxygen atoms in total. The number of nitrogens with one attached hydrogen (secondary N) is 1. The first-order valence-electron chi connectivity index (χ1n) is 9.46. The van der Waals surface area contributed by atoms with Crippen LogP contribution in [0, 0.1) is 5.82 Å². The number of nitrogens with zero attached hydrogens (tertiary/aromatic N) is 5. The average Bonchev–Trinajstić information content (AvgIpc) is 2.75. The van der Waals surface area contributed by atoms with Crippen LogP contribution in [0.25, 0.3) is 0 Å². The van der Waals surface area contributed by atoms with Crippen molar-refractivity contribution in [2.45, 2.75) is 6.42 Å². The van der Waals surface area contributed by atoms with Crippen LogP contribution in [-0.2, 0) is 11.2 Å². The molecule has 2 aromatic heterocycles. The molecule has 0 spiro atoms. The summed E-state index contributed by atoms with van der Waals surface area (Å²) in [6, 6.07) is 15.5. The number of anilines is 3. The molecule has 0 unspecified atom stereocenters. The number of benzene rings is 1. The van der Waals surface area contributed by atoms with Crippen LogP contribution < -0.4 is 15.1 Å². The van der Waals surface area contributed by atoms with E-state index in [2.05, 4.69) is 30.3 Å². The van der Waals surface area contributed by atoms with Crippen LogP contribution in [-0.4, -0.2) is 47.3 Å². The van der Waals surface area contributed by atoms with Gasteiger partial charge in [0.05, 0.1) is 6.42 Å². The number of aromatic nitrogens is 3. The molecule has 1 aromatic carbocycles. The van der Waals surface area contributed by atoms with E-state index in [-0.39, 0.29) is 18.1 Å². The molecule has 1 aliphatic rings. The summed E-state index contributed by atoms with van der Waals surface area (Å²) in [5, 5.41) is 11.0. The summed E-state index contributed by atoms with van der Waals surface area (Å²) in [6.07, 6.45) is 1.88. The SMILES string of the molecule is O=C(Cc1cccc(F)c1)Nc1ccc(N2CCN(c3ccccn3)CC2)nn1. The fourth-order valence-corrected chi connectivity index (χ4v) is 3.29. The maximum Gasteiger partial charge on any atom is 0.229 e. The number of carbonyl (C=O) groups excluding carboxylic acids is 1. The van der Waals surface area contributed by atoms with Crippen LogP contribution in [0.5, 0.6) is 0 Å². The molecule has 0 bridgehead atoms. The van der Waals surface area contributed by atoms with Crippen LogP contribution in [0.15, 0.2) is 60.8 Å². The minimum Gasteiger partial charge on any atom is -0.353 e. The topological polar surface area (TPSA) is 74.2 Å². The zero-order valence-corrected chi connectivity index (χ0v) is 15.8. The van der Waals surface area contributed by atoms with Crippen molar-refractivity contribution in [1.82, 2.24) is 15.2 Å². The maximum absolute atomic E-state index is 13.2. The Hall–Kier alpha value is -3.55. The number of pyridine rings is 1. The lowest BCUT2D eigenvalue weighted by Gasteiger charge is -2.35. The van der Waals surface area contributed by atoms with E-state index in [1.807, 2.05) is 24.3 Å². The Balaban J connectivity index is 1.31. The fraction of sp³-hybridized carbons (Fsp3) is 0.238. The number of hydrogen-bond donors (Lipinski definition) is 1. The number of carbonyl (C=O) groups is 1. The zero-order valence-electron chi connectivity index (χ0n) is 15.8. The highest BCUT2D eigenvalue weighted by atomic mass is 19.1. The van der Waals surface area contributed by atoms with Crippen LogP contribution in [0.3, 0.4) is 0 Å². The van der Waals surface area contributed by atoms with E-state index in [0.717, 1.165) is 37.8 Å². The molecule has 0 saturated carbocycles. The van der Waals surface area contributed by atoms with Crippen LogP contribution in [0.4, 0.5) is 21.8 Å². The summed E-state index contributed by atoms with van der Waals surface area (Å²) in [4.78, 5) is 20.9. The van der Waals surface area contributed by atoms with Crippen molar-refractivity contribution in [3.63, 3.8) is 0 Å². The molecule has 3 aromatic rings. The minimum absolute atomic E-state index is 0.0800. The van der Waals surface area contributed by atoms with Gasteiger partial charge < -0.3 is 15.1 Å². The van der Waals surface area contributed by atoms with E-state index >= 15 is 0 Å². The Bertz CT molecular complexity index is 958. The maximum atomic E-state index is 13.2. The number of piperazine rings is 1. The molecular weight excluding hydrogens is 371 g/mol. The lowest BCUT2D eigenvalue weighted by Crippen LogP contribution is -2.47. The predicted molar refractivity (Wildman–Crippen MR) is 109 cm³/mol. The lowest BCUT2D eigenvalue weighted by atomic mass is 10.1. The zero-order chi connectivity index (χ0) is 20.1. The van der Waals surface area contributed by atoms with Gasteiger partial charge in [0.2, 0.25) is 5.91 Å². The van der Waals surface area contributed by atoms with E-state index in [9.17, 15) is 9.18 Å². The number of halogens is 1. The monoisotopic (exact) mass is 392 g/mol. The van der Waals surface area contributed by atoms with Crippen LogP contribution in [0.1, 0.15) is 5.56 Å². The molecule has 148 valence electrons. The molecule has 0 aliphatic carbocycles. The largest absolute Gasteiger partial charge is 0.353 e. The molecule has 1 N–H and O–H groups in total. The molecule has 1 fully saturated rings. The second-order valence-electron chi connectivity index (χ2n) is 6.79. The van der Waals surface area contributed by atoms with E-state index in [0.29, 0.717) is 11.4 Å². The van der Waals surface area contributed by atoms with Gasteiger partial charge in [-0.2, -0.15) is 0 Å². The summed E-state index contributed by atoms with van der Waals surface area (Å²) in [6.45, 7) is 3.34. The van der Waals surface area contributed by atoms with E-state index < -0.39 is 0 Å². The third kappa shape index (κ3) is 4.84. The number of hydrogen-bond acceptors (Lipinski definition) is 6. The average molecular weight is 392 g/mol. The first-order valence-corrected chi connectivity index (χ1v) is 9.46. The standard InChI is InChI=1S/C21H21FN6O/c22-17-5-3-4-16(14-17)15-21(29)24-18-7-8-20(26-25-18)28-12-10-27(11-13-28)19-6-1-2-9-23-19/h1-9,14H,10-13,15H2,(H,24,25,29). The molecular formula is C21H21FN6O. The molecule has 1 aliphatic heterocycles. The van der Waals surface area contributed by atoms with E-state index in [1.54, 1.807) is 24.4 Å². The predicted octanol–water partition coefficient (Wildman–Crippen LogP) is 2.52. The van der Waals surface area contributed by atoms with Crippen molar-refractivity contribution in [3.05, 3.63) is 72.2 Å². The summed E-state index contributed by atoms with van der Waals surface area (Å²) in [5.41, 5.74) is 0.609. The van der Waals surface area contributed by atoms with Crippen molar-refractivity contribution in [2.24, 2.45) is 0 Å². The highest BCUT2D eigenvalue weighted by molar-refractivity contribution is 5.91. The lowest BCUT2D eigenvalue weighted by molar-refractivity contribution is -0.115. The molecule has 29 heavy (non-hydrogen) atoms. The molecule has 0 radical (unpaired) electrons. The molecule has 0 atom stereocenters. The number of rotatable bonds is 5. The summed E-state index contributed by atoms with van der Waals surface area (Å²) in [5.74, 6) is 1.51. The van der Waals surface area contributed by atoms with Gasteiger partial charge in [0.15, 0.2) is 11.6 Å². The first kappa shape index (κ1) is 18.8. The molecule has 8 heteroatoms. The minimum atomic E-state index is -0.359. The summed E-state index contributed by atoms with van der Waals surface area (Å²) in [7, 11) is 0. The number of amides is 1. The van der Waals surface area contributed by atoms with Gasteiger partial charge in [0.25, 0.3) is 0 Å². The first-order chi connectivity index (χ1) is 14.2. The van der Waals surface area contributed by atoms with E-state index in [4.69, 9.17) is 0 Å². The second-order valence-corrected chi connectivity index (χ2v) is 6.79. The summed E-state index contributed by atoms with van der Waals surface area (Å²) >= 11 is 0. The normalized spacial score (nSPS) is 14.0. The smallest absolute Gasteiger partial charge is 0.229 e. The van der Waals surface area contributed by atoms with Crippen molar-refractivity contribution in [3.8, 4) is 0 Å². The van der Waals surface area contributed by atoms with Crippen LogP contribution >= 0.6 is 0 Å². The van der Waals surface area contributed by atoms with Gasteiger partial charge >= 0.3 is 0 Å². The summed E-state index contributed by atoms with van der Waals surface area (Å²) < 4.78 is 13.2. The van der Waals surface area contributed by atoms with Crippen molar-refractivity contribution in [1.29, 1.82) is 0 Å². The third-order valence-electron chi connectivity index (χ3n) is 4.75. The van der Waals surface area contributed by atoms with Gasteiger partial charge in [-0.15, -0.1) is 10.2 Å². The second kappa shape index (κ2) is 8.64. The van der Waals surface area contributed by atoms with Crippen molar-refractivity contribution >= 4 is 23.4 Å². The highest BCUT2D eigenvalue weighted by Gasteiger charge is 2.19. The fourth-order valence-electron chi connectivity index (χ4n) is 3.29. The highest BCUT2D eigenvalue weighted by Crippen LogP contribution is 2.17. The Morgan fingerprint density at radius 1 is 0.931 bits per heavy atom. The molecule has 1 amide bonds. The molecule has 3 heterocycles. The van der Waals surface area contributed by atoms with Gasteiger partial charge in [-0.05, 0) is 42.0 Å².